The molecule has 184 valence electrons. The lowest BCUT2D eigenvalue weighted by molar-refractivity contribution is -0.0556. The maximum Gasteiger partial charge on any atom is 0.388 e. The molecule has 0 bridgehead atoms. The zero-order chi connectivity index (χ0) is 25.5. The van der Waals surface area contributed by atoms with Gasteiger partial charge in [0.25, 0.3) is 0 Å². The van der Waals surface area contributed by atoms with Crippen LogP contribution in [0.4, 0.5) is 29.2 Å². The van der Waals surface area contributed by atoms with E-state index in [1.165, 1.54) is 12.1 Å². The van der Waals surface area contributed by atoms with Crippen LogP contribution in [-0.4, -0.2) is 26.4 Å². The Labute approximate surface area is 199 Å². The van der Waals surface area contributed by atoms with Gasteiger partial charge in [-0.05, 0) is 19.4 Å². The highest BCUT2D eigenvalue weighted by Crippen LogP contribution is 2.50. The van der Waals surface area contributed by atoms with Crippen molar-refractivity contribution in [3.05, 3.63) is 71.5 Å². The molecule has 1 aliphatic rings. The zero-order valence-electron chi connectivity index (χ0n) is 19.2. The first kappa shape index (κ1) is 24.2. The van der Waals surface area contributed by atoms with E-state index in [4.69, 9.17) is 5.73 Å². The summed E-state index contributed by atoms with van der Waals surface area (Å²) in [6.07, 6.45) is 1.63. The molecule has 7 nitrogen and oxygen atoms in total. The van der Waals surface area contributed by atoms with Gasteiger partial charge in [0.2, 0.25) is 5.88 Å². The summed E-state index contributed by atoms with van der Waals surface area (Å²) >= 11 is 0. The topological polar surface area (TPSA) is 90.9 Å². The zero-order valence-corrected chi connectivity index (χ0v) is 19.2. The number of allylic oxidation sites excluding steroid dienone is 1. The highest BCUT2D eigenvalue weighted by atomic mass is 19.3. The molecule has 35 heavy (non-hydrogen) atoms. The molecular weight excluding hydrogens is 464 g/mol. The van der Waals surface area contributed by atoms with Gasteiger partial charge in [-0.15, -0.1) is 0 Å². The molecule has 0 saturated carbocycles. The molecule has 3 heterocycles. The number of nitrogens with zero attached hydrogens (tertiary/aromatic N) is 4. The van der Waals surface area contributed by atoms with Crippen LogP contribution >= 0.6 is 0 Å². The fourth-order valence-electron chi connectivity index (χ4n) is 4.16. The summed E-state index contributed by atoms with van der Waals surface area (Å²) in [6, 6.07) is 4.15. The minimum atomic E-state index is -3.15. The number of alkyl halides is 2. The fourth-order valence-corrected chi connectivity index (χ4v) is 4.16. The van der Waals surface area contributed by atoms with Crippen molar-refractivity contribution in [2.45, 2.75) is 45.3 Å². The lowest BCUT2D eigenvalue weighted by atomic mass is 9.75. The molecule has 0 radical (unpaired) electrons. The Balaban J connectivity index is 1.76. The maximum absolute atomic E-state index is 14.2. The number of fused-ring (bicyclic) bond motifs is 1. The molecule has 0 spiro atoms. The van der Waals surface area contributed by atoms with Gasteiger partial charge in [0.05, 0.1) is 17.5 Å². The van der Waals surface area contributed by atoms with Crippen LogP contribution in [0.5, 0.6) is 5.88 Å². The number of rotatable bonds is 8. The van der Waals surface area contributed by atoms with E-state index in [2.05, 4.69) is 38.3 Å². The van der Waals surface area contributed by atoms with Gasteiger partial charge in [-0.25, -0.2) is 23.4 Å². The third-order valence-corrected chi connectivity index (χ3v) is 6.09. The Hall–Kier alpha value is -3.89. The molecule has 1 aromatic carbocycles. The first-order valence-electron chi connectivity index (χ1n) is 10.8. The second-order valence-corrected chi connectivity index (χ2v) is 8.38. The van der Waals surface area contributed by atoms with Gasteiger partial charge < -0.3 is 15.8 Å². The number of aromatic nitrogens is 4. The van der Waals surface area contributed by atoms with Crippen molar-refractivity contribution in [1.29, 1.82) is 0 Å². The standard InChI is InChI=1S/C24H24F4N6O/c1-5-6-12(2)24(4)13(3)30-22-19(24)20(29)31-21(32-22)17-10-18(35-23(27)28)34(33-17)11-14-7-8-15(25)9-16(14)26/h7-10,23H,2-3,5-6,11H2,1,4H3,(H3,29,30,31,32). The number of benzene rings is 1. The number of hydrogen-bond donors (Lipinski definition) is 2. The molecule has 0 saturated heterocycles. The summed E-state index contributed by atoms with van der Waals surface area (Å²) in [5.41, 5.74) is 7.91. The molecule has 1 unspecified atom stereocenters. The van der Waals surface area contributed by atoms with Crippen molar-refractivity contribution in [2.24, 2.45) is 0 Å². The number of ether oxygens (including phenoxy) is 1. The van der Waals surface area contributed by atoms with E-state index in [0.29, 0.717) is 23.1 Å². The largest absolute Gasteiger partial charge is 0.417 e. The molecule has 0 amide bonds. The molecule has 1 atom stereocenters. The van der Waals surface area contributed by atoms with E-state index >= 15 is 0 Å². The van der Waals surface area contributed by atoms with Gasteiger partial charge in [-0.2, -0.15) is 13.9 Å². The normalized spacial score (nSPS) is 16.9. The van der Waals surface area contributed by atoms with Crippen molar-refractivity contribution >= 4 is 11.6 Å². The summed E-state index contributed by atoms with van der Waals surface area (Å²) in [5, 5.41) is 7.36. The third kappa shape index (κ3) is 4.33. The highest BCUT2D eigenvalue weighted by molar-refractivity contribution is 5.76. The molecule has 2 aromatic heterocycles. The Morgan fingerprint density at radius 3 is 2.66 bits per heavy atom. The average Bonchev–Trinajstić information content (AvgIpc) is 3.28. The molecule has 0 fully saturated rings. The van der Waals surface area contributed by atoms with Crippen LogP contribution in [0.25, 0.3) is 11.5 Å². The molecule has 3 aromatic rings. The summed E-state index contributed by atoms with van der Waals surface area (Å²) in [6.45, 7) is 8.82. The van der Waals surface area contributed by atoms with Crippen LogP contribution in [0.3, 0.4) is 0 Å². The van der Waals surface area contributed by atoms with E-state index in [1.54, 1.807) is 0 Å². The molecule has 0 aliphatic carbocycles. The van der Waals surface area contributed by atoms with Gasteiger partial charge in [0.15, 0.2) is 5.82 Å². The minimum Gasteiger partial charge on any atom is -0.417 e. The molecule has 3 N–H and O–H groups in total. The van der Waals surface area contributed by atoms with Crippen LogP contribution in [0.1, 0.15) is 37.8 Å². The smallest absolute Gasteiger partial charge is 0.388 e. The van der Waals surface area contributed by atoms with Gasteiger partial charge in [0.1, 0.15) is 29.0 Å². The van der Waals surface area contributed by atoms with Crippen molar-refractivity contribution in [1.82, 2.24) is 19.7 Å². The molecular formula is C24H24F4N6O. The first-order chi connectivity index (χ1) is 16.5. The summed E-state index contributed by atoms with van der Waals surface area (Å²) in [7, 11) is 0. The molecule has 11 heteroatoms. The van der Waals surface area contributed by atoms with E-state index in [1.807, 2.05) is 13.8 Å². The van der Waals surface area contributed by atoms with Gasteiger partial charge in [-0.1, -0.05) is 38.1 Å². The van der Waals surface area contributed by atoms with Gasteiger partial charge in [0, 0.05) is 23.4 Å². The van der Waals surface area contributed by atoms with Crippen LogP contribution in [0.2, 0.25) is 0 Å². The fraction of sp³-hybridized carbons (Fsp3) is 0.292. The van der Waals surface area contributed by atoms with Crippen molar-refractivity contribution in [3.8, 4) is 17.4 Å². The number of nitrogens with one attached hydrogen (secondary N) is 1. The SMILES string of the molecule is C=C(CCC)C1(C)C(=C)Nc2nc(-c3cc(OC(F)F)n(Cc4ccc(F)cc4F)n3)nc(N)c21. The van der Waals surface area contributed by atoms with Crippen molar-refractivity contribution in [3.63, 3.8) is 0 Å². The van der Waals surface area contributed by atoms with Crippen molar-refractivity contribution in [2.75, 3.05) is 11.1 Å². The van der Waals surface area contributed by atoms with Crippen LogP contribution < -0.4 is 15.8 Å². The minimum absolute atomic E-state index is 0.0257. The average molecular weight is 488 g/mol. The number of nitrogens with two attached hydrogens (primary N) is 1. The van der Waals surface area contributed by atoms with E-state index in [9.17, 15) is 17.6 Å². The highest BCUT2D eigenvalue weighted by Gasteiger charge is 2.43. The Bertz CT molecular complexity index is 1320. The first-order valence-corrected chi connectivity index (χ1v) is 10.8. The summed E-state index contributed by atoms with van der Waals surface area (Å²) < 4.78 is 59.0. The quantitative estimate of drug-likeness (QED) is 0.326. The lowest BCUT2D eigenvalue weighted by Crippen LogP contribution is -2.25. The van der Waals surface area contributed by atoms with E-state index in [-0.39, 0.29) is 35.3 Å². The van der Waals surface area contributed by atoms with Crippen LogP contribution in [-0.2, 0) is 12.0 Å². The number of nitrogen functional groups attached to an aromatic ring is 1. The third-order valence-electron chi connectivity index (χ3n) is 6.09. The second-order valence-electron chi connectivity index (χ2n) is 8.38. The maximum atomic E-state index is 14.2. The number of anilines is 2. The molecule has 1 aliphatic heterocycles. The van der Waals surface area contributed by atoms with Crippen LogP contribution in [0, 0.1) is 11.6 Å². The van der Waals surface area contributed by atoms with E-state index < -0.39 is 23.7 Å². The second kappa shape index (κ2) is 9.05. The predicted molar refractivity (Wildman–Crippen MR) is 124 cm³/mol. The van der Waals surface area contributed by atoms with E-state index in [0.717, 1.165) is 29.2 Å². The summed E-state index contributed by atoms with van der Waals surface area (Å²) in [5.74, 6) is -1.35. The molecule has 4 rings (SSSR count). The van der Waals surface area contributed by atoms with Crippen LogP contribution in [0.15, 0.2) is 48.7 Å². The monoisotopic (exact) mass is 488 g/mol. The predicted octanol–water partition coefficient (Wildman–Crippen LogP) is 5.40. The Morgan fingerprint density at radius 2 is 2.00 bits per heavy atom. The lowest BCUT2D eigenvalue weighted by Gasteiger charge is -2.28. The Morgan fingerprint density at radius 1 is 1.26 bits per heavy atom. The summed E-state index contributed by atoms with van der Waals surface area (Å²) in [4.78, 5) is 8.85. The van der Waals surface area contributed by atoms with Gasteiger partial charge >= 0.3 is 6.61 Å². The number of halogens is 4. The van der Waals surface area contributed by atoms with Crippen molar-refractivity contribution < 1.29 is 22.3 Å². The Kier molecular flexibility index (Phi) is 6.27. The number of hydrogen-bond acceptors (Lipinski definition) is 6. The van der Waals surface area contributed by atoms with Gasteiger partial charge in [-0.3, -0.25) is 0 Å².